The molecule has 0 spiro atoms. The number of aromatic nitrogens is 1. The molecule has 0 bridgehead atoms. The van der Waals surface area contributed by atoms with E-state index in [9.17, 15) is 14.7 Å². The quantitative estimate of drug-likeness (QED) is 0.673. The van der Waals surface area contributed by atoms with E-state index in [4.69, 9.17) is 4.74 Å². The minimum atomic E-state index is -1.14. The highest BCUT2D eigenvalue weighted by Gasteiger charge is 2.29. The summed E-state index contributed by atoms with van der Waals surface area (Å²) in [5.41, 5.74) is 5.06. The lowest BCUT2D eigenvalue weighted by molar-refractivity contribution is -0.139. The number of fused-ring (bicyclic) bond motifs is 3. The van der Waals surface area contributed by atoms with Crippen LogP contribution >= 0.6 is 0 Å². The Morgan fingerprint density at radius 2 is 1.59 bits per heavy atom. The van der Waals surface area contributed by atoms with Crippen molar-refractivity contribution in [3.05, 3.63) is 89.7 Å². The molecule has 0 radical (unpaired) electrons. The summed E-state index contributed by atoms with van der Waals surface area (Å²) in [7, 11) is 0. The fourth-order valence-corrected chi connectivity index (χ4v) is 3.71. The van der Waals surface area contributed by atoms with Crippen LogP contribution in [0.1, 0.15) is 22.7 Å². The molecule has 0 unspecified atom stereocenters. The molecule has 0 saturated heterocycles. The number of carboxylic acids is 1. The Kier molecular flexibility index (Phi) is 5.24. The number of alkyl carbamates (subject to hydrolysis) is 1. The molecule has 1 amide bonds. The highest BCUT2D eigenvalue weighted by Crippen LogP contribution is 2.44. The number of amides is 1. The summed E-state index contributed by atoms with van der Waals surface area (Å²) >= 11 is 0. The highest BCUT2D eigenvalue weighted by atomic mass is 16.5. The largest absolute Gasteiger partial charge is 0.480 e. The first-order chi connectivity index (χ1) is 14.1. The normalized spacial score (nSPS) is 13.2. The fraction of sp³-hybridized carbons (Fsp3) is 0.174. The van der Waals surface area contributed by atoms with Gasteiger partial charge >= 0.3 is 12.1 Å². The molecule has 1 atom stereocenters. The van der Waals surface area contributed by atoms with E-state index in [1.165, 1.54) is 0 Å². The van der Waals surface area contributed by atoms with Crippen molar-refractivity contribution in [2.75, 3.05) is 6.61 Å². The first-order valence-corrected chi connectivity index (χ1v) is 9.37. The van der Waals surface area contributed by atoms with Gasteiger partial charge in [0.2, 0.25) is 0 Å². The van der Waals surface area contributed by atoms with E-state index in [0.29, 0.717) is 5.69 Å². The topological polar surface area (TPSA) is 88.5 Å². The van der Waals surface area contributed by atoms with Gasteiger partial charge in [-0.3, -0.25) is 4.98 Å². The summed E-state index contributed by atoms with van der Waals surface area (Å²) in [4.78, 5) is 28.0. The molecule has 3 aromatic rings. The SMILES string of the molecule is O=C(N[C@H](Cc1ccccn1)C(=O)O)OCC1c2ccccc2-c2ccccc21. The Bertz CT molecular complexity index is 990. The summed E-state index contributed by atoms with van der Waals surface area (Å²) in [5.74, 6) is -1.21. The molecule has 29 heavy (non-hydrogen) atoms. The minimum Gasteiger partial charge on any atom is -0.480 e. The lowest BCUT2D eigenvalue weighted by Crippen LogP contribution is -2.43. The molecule has 0 aliphatic heterocycles. The molecule has 1 aliphatic carbocycles. The molecule has 2 N–H and O–H groups in total. The number of hydrogen-bond acceptors (Lipinski definition) is 4. The van der Waals surface area contributed by atoms with Crippen LogP contribution in [-0.4, -0.2) is 34.8 Å². The number of nitrogens with zero attached hydrogens (tertiary/aromatic N) is 1. The van der Waals surface area contributed by atoms with Crippen molar-refractivity contribution >= 4 is 12.1 Å². The van der Waals surface area contributed by atoms with Gasteiger partial charge in [0, 0.05) is 24.2 Å². The molecule has 146 valence electrons. The second-order valence-electron chi connectivity index (χ2n) is 6.89. The van der Waals surface area contributed by atoms with Gasteiger partial charge in [0.15, 0.2) is 0 Å². The van der Waals surface area contributed by atoms with Crippen molar-refractivity contribution in [2.45, 2.75) is 18.4 Å². The van der Waals surface area contributed by atoms with Crippen LogP contribution in [-0.2, 0) is 16.0 Å². The van der Waals surface area contributed by atoms with Gasteiger partial charge in [-0.1, -0.05) is 54.6 Å². The van der Waals surface area contributed by atoms with Crippen molar-refractivity contribution in [3.8, 4) is 11.1 Å². The third-order valence-corrected chi connectivity index (χ3v) is 5.07. The van der Waals surface area contributed by atoms with E-state index in [2.05, 4.69) is 22.4 Å². The van der Waals surface area contributed by atoms with Crippen LogP contribution < -0.4 is 5.32 Å². The third kappa shape index (κ3) is 3.96. The Labute approximate surface area is 168 Å². The Morgan fingerprint density at radius 3 is 2.17 bits per heavy atom. The van der Waals surface area contributed by atoms with Gasteiger partial charge in [-0.25, -0.2) is 9.59 Å². The third-order valence-electron chi connectivity index (χ3n) is 5.07. The molecule has 6 heteroatoms. The molecule has 6 nitrogen and oxygen atoms in total. The molecule has 2 aromatic carbocycles. The average molecular weight is 388 g/mol. The molecule has 0 fully saturated rings. The number of benzene rings is 2. The molecular weight excluding hydrogens is 368 g/mol. The zero-order valence-electron chi connectivity index (χ0n) is 15.6. The first-order valence-electron chi connectivity index (χ1n) is 9.37. The van der Waals surface area contributed by atoms with Crippen LogP contribution in [0.3, 0.4) is 0 Å². The van der Waals surface area contributed by atoms with Crippen LogP contribution in [0.2, 0.25) is 0 Å². The summed E-state index contributed by atoms with van der Waals surface area (Å²) in [6, 6.07) is 20.2. The molecule has 1 heterocycles. The number of rotatable bonds is 6. The second-order valence-corrected chi connectivity index (χ2v) is 6.89. The molecule has 1 aromatic heterocycles. The summed E-state index contributed by atoms with van der Waals surface area (Å²) in [6.07, 6.45) is 0.914. The zero-order chi connectivity index (χ0) is 20.2. The molecule has 0 saturated carbocycles. The van der Waals surface area contributed by atoms with Gasteiger partial charge < -0.3 is 15.2 Å². The van der Waals surface area contributed by atoms with Gasteiger partial charge in [0.25, 0.3) is 0 Å². The lowest BCUT2D eigenvalue weighted by atomic mass is 9.98. The number of ether oxygens (including phenoxy) is 1. The lowest BCUT2D eigenvalue weighted by Gasteiger charge is -2.17. The maximum Gasteiger partial charge on any atom is 0.407 e. The highest BCUT2D eigenvalue weighted by molar-refractivity contribution is 5.81. The van der Waals surface area contributed by atoms with E-state index in [-0.39, 0.29) is 18.9 Å². The van der Waals surface area contributed by atoms with Crippen LogP contribution in [0.4, 0.5) is 4.79 Å². The zero-order valence-corrected chi connectivity index (χ0v) is 15.6. The number of carbonyl (C=O) groups excluding carboxylic acids is 1. The Hall–Kier alpha value is -3.67. The summed E-state index contributed by atoms with van der Waals surface area (Å²) in [6.45, 7) is 0.135. The van der Waals surface area contributed by atoms with E-state index >= 15 is 0 Å². The van der Waals surface area contributed by atoms with Crippen molar-refractivity contribution < 1.29 is 19.4 Å². The van der Waals surface area contributed by atoms with Crippen molar-refractivity contribution in [1.82, 2.24) is 10.3 Å². The van der Waals surface area contributed by atoms with Crippen LogP contribution in [0.25, 0.3) is 11.1 Å². The minimum absolute atomic E-state index is 0.0766. The predicted molar refractivity (Wildman–Crippen MR) is 108 cm³/mol. The fourth-order valence-electron chi connectivity index (χ4n) is 3.71. The monoisotopic (exact) mass is 388 g/mol. The van der Waals surface area contributed by atoms with Crippen LogP contribution in [0.5, 0.6) is 0 Å². The number of nitrogens with one attached hydrogen (secondary N) is 1. The first kappa shape index (κ1) is 18.7. The Morgan fingerprint density at radius 1 is 0.966 bits per heavy atom. The second kappa shape index (κ2) is 8.14. The van der Waals surface area contributed by atoms with E-state index in [1.54, 1.807) is 24.4 Å². The van der Waals surface area contributed by atoms with Gasteiger partial charge in [0.1, 0.15) is 12.6 Å². The molecular formula is C23H20N2O4. The van der Waals surface area contributed by atoms with E-state index in [1.807, 2.05) is 36.4 Å². The van der Waals surface area contributed by atoms with E-state index < -0.39 is 18.1 Å². The summed E-state index contributed by atoms with van der Waals surface area (Å²) < 4.78 is 5.42. The number of hydrogen-bond donors (Lipinski definition) is 2. The van der Waals surface area contributed by atoms with Gasteiger partial charge in [0.05, 0.1) is 0 Å². The number of pyridine rings is 1. The van der Waals surface area contributed by atoms with Gasteiger partial charge in [-0.15, -0.1) is 0 Å². The predicted octanol–water partition coefficient (Wildman–Crippen LogP) is 3.62. The standard InChI is InChI=1S/C23H20N2O4/c26-22(27)21(13-15-7-5-6-12-24-15)25-23(28)29-14-20-18-10-3-1-8-16(18)17-9-2-4-11-19(17)20/h1-12,20-21H,13-14H2,(H,25,28)(H,26,27)/t21-/m1/s1. The van der Waals surface area contributed by atoms with Gasteiger partial charge in [-0.05, 0) is 34.4 Å². The maximum atomic E-state index is 12.3. The average Bonchev–Trinajstić information content (AvgIpc) is 3.06. The van der Waals surface area contributed by atoms with Crippen molar-refractivity contribution in [1.29, 1.82) is 0 Å². The molecule has 4 rings (SSSR count). The van der Waals surface area contributed by atoms with Gasteiger partial charge in [-0.2, -0.15) is 0 Å². The van der Waals surface area contributed by atoms with Crippen molar-refractivity contribution in [2.24, 2.45) is 0 Å². The number of aliphatic carboxylic acids is 1. The van der Waals surface area contributed by atoms with Crippen molar-refractivity contribution in [3.63, 3.8) is 0 Å². The summed E-state index contributed by atoms with van der Waals surface area (Å²) in [5, 5.41) is 11.9. The number of carboxylic acid groups (broad SMARTS) is 1. The van der Waals surface area contributed by atoms with E-state index in [0.717, 1.165) is 22.3 Å². The number of carbonyl (C=O) groups is 2. The maximum absolute atomic E-state index is 12.3. The smallest absolute Gasteiger partial charge is 0.407 e. The van der Waals surface area contributed by atoms with Crippen LogP contribution in [0, 0.1) is 0 Å². The molecule has 1 aliphatic rings. The van der Waals surface area contributed by atoms with Crippen LogP contribution in [0.15, 0.2) is 72.9 Å². The Balaban J connectivity index is 1.43.